The average Bonchev–Trinajstić information content (AvgIpc) is 2.58. The molecule has 0 aliphatic rings. The van der Waals surface area contributed by atoms with Gasteiger partial charge >= 0.3 is 0 Å². The predicted octanol–water partition coefficient (Wildman–Crippen LogP) is 4.98. The van der Waals surface area contributed by atoms with Crippen LogP contribution in [0.15, 0.2) is 47.4 Å². The maximum absolute atomic E-state index is 12.5. The lowest BCUT2D eigenvalue weighted by Crippen LogP contribution is -2.01. The molecule has 0 bridgehead atoms. The highest BCUT2D eigenvalue weighted by Crippen LogP contribution is 2.34. The molecule has 0 aliphatic heterocycles. The lowest BCUT2D eigenvalue weighted by Gasteiger charge is -2.12. The van der Waals surface area contributed by atoms with Crippen molar-refractivity contribution in [3.63, 3.8) is 0 Å². The van der Waals surface area contributed by atoms with Gasteiger partial charge in [-0.3, -0.25) is 4.79 Å². The summed E-state index contributed by atoms with van der Waals surface area (Å²) in [6.07, 6.45) is 5.17. The van der Waals surface area contributed by atoms with Crippen LogP contribution in [-0.2, 0) is 0 Å². The fourth-order valence-corrected chi connectivity index (χ4v) is 2.86. The van der Waals surface area contributed by atoms with E-state index in [2.05, 4.69) is 0 Å². The fraction of sp³-hybridized carbons (Fsp3) is 0.167. The third-order valence-electron chi connectivity index (χ3n) is 3.25. The minimum Gasteiger partial charge on any atom is -0.496 e. The average molecular weight is 349 g/mol. The number of carbonyl (C=O) groups is 1. The molecule has 0 saturated carbocycles. The van der Waals surface area contributed by atoms with Gasteiger partial charge in [-0.1, -0.05) is 29.8 Å². The Morgan fingerprint density at radius 2 is 1.87 bits per heavy atom. The van der Waals surface area contributed by atoms with Crippen LogP contribution in [0.5, 0.6) is 11.5 Å². The molecular formula is C18H17ClO3S. The standard InChI is InChI=1S/C18H17ClO3S/c1-21-16-11-18(23-3)17(22-2)10-14(16)15(20)8-7-12-5-4-6-13(19)9-12/h4-11H,1-3H3. The molecular weight excluding hydrogens is 332 g/mol. The van der Waals surface area contributed by atoms with Crippen molar-refractivity contribution in [2.24, 2.45) is 0 Å². The second kappa shape index (κ2) is 8.09. The highest BCUT2D eigenvalue weighted by atomic mass is 35.5. The summed E-state index contributed by atoms with van der Waals surface area (Å²) in [6.45, 7) is 0. The summed E-state index contributed by atoms with van der Waals surface area (Å²) < 4.78 is 10.7. The van der Waals surface area contributed by atoms with E-state index in [1.54, 1.807) is 38.5 Å². The molecule has 2 aromatic rings. The van der Waals surface area contributed by atoms with Gasteiger partial charge < -0.3 is 9.47 Å². The minimum absolute atomic E-state index is 0.159. The normalized spacial score (nSPS) is 10.8. The van der Waals surface area contributed by atoms with E-state index in [4.69, 9.17) is 21.1 Å². The van der Waals surface area contributed by atoms with Gasteiger partial charge in [-0.15, -0.1) is 11.8 Å². The van der Waals surface area contributed by atoms with Crippen LogP contribution in [0.3, 0.4) is 0 Å². The molecule has 23 heavy (non-hydrogen) atoms. The number of ketones is 1. The Balaban J connectivity index is 2.34. The van der Waals surface area contributed by atoms with E-state index >= 15 is 0 Å². The first-order chi connectivity index (χ1) is 11.1. The monoisotopic (exact) mass is 348 g/mol. The molecule has 0 unspecified atom stereocenters. The fourth-order valence-electron chi connectivity index (χ4n) is 2.09. The Bertz CT molecular complexity index is 741. The summed E-state index contributed by atoms with van der Waals surface area (Å²) in [5.41, 5.74) is 1.32. The van der Waals surface area contributed by atoms with E-state index in [-0.39, 0.29) is 5.78 Å². The number of allylic oxidation sites excluding steroid dienone is 1. The van der Waals surface area contributed by atoms with Gasteiger partial charge in [-0.05, 0) is 42.2 Å². The van der Waals surface area contributed by atoms with Crippen LogP contribution in [0.4, 0.5) is 0 Å². The van der Waals surface area contributed by atoms with Crippen LogP contribution >= 0.6 is 23.4 Å². The molecule has 0 spiro atoms. The molecule has 0 aromatic heterocycles. The van der Waals surface area contributed by atoms with Crippen LogP contribution in [0.1, 0.15) is 15.9 Å². The van der Waals surface area contributed by atoms with Crippen LogP contribution in [0.2, 0.25) is 5.02 Å². The molecule has 0 amide bonds. The first kappa shape index (κ1) is 17.4. The lowest BCUT2D eigenvalue weighted by atomic mass is 10.1. The van der Waals surface area contributed by atoms with E-state index in [9.17, 15) is 4.79 Å². The van der Waals surface area contributed by atoms with Gasteiger partial charge in [0, 0.05) is 5.02 Å². The third-order valence-corrected chi connectivity index (χ3v) is 4.24. The van der Waals surface area contributed by atoms with Crippen LogP contribution in [0.25, 0.3) is 6.08 Å². The maximum Gasteiger partial charge on any atom is 0.189 e. The summed E-state index contributed by atoms with van der Waals surface area (Å²) in [5, 5.41) is 0.628. The quantitative estimate of drug-likeness (QED) is 0.419. The first-order valence-corrected chi connectivity index (χ1v) is 8.47. The molecule has 2 rings (SSSR count). The maximum atomic E-state index is 12.5. The smallest absolute Gasteiger partial charge is 0.189 e. The minimum atomic E-state index is -0.159. The number of halogens is 1. The SMILES string of the molecule is COc1cc(C(=O)C=Cc2cccc(Cl)c2)c(OC)cc1SC. The summed E-state index contributed by atoms with van der Waals surface area (Å²) in [4.78, 5) is 13.4. The Morgan fingerprint density at radius 1 is 1.13 bits per heavy atom. The number of ether oxygens (including phenoxy) is 2. The van der Waals surface area contributed by atoms with Crippen molar-refractivity contribution >= 4 is 35.2 Å². The van der Waals surface area contributed by atoms with E-state index < -0.39 is 0 Å². The molecule has 0 radical (unpaired) electrons. The highest BCUT2D eigenvalue weighted by molar-refractivity contribution is 7.98. The van der Waals surface area contributed by atoms with Crippen molar-refractivity contribution < 1.29 is 14.3 Å². The van der Waals surface area contributed by atoms with Gasteiger partial charge in [0.15, 0.2) is 5.78 Å². The van der Waals surface area contributed by atoms with E-state index in [1.165, 1.54) is 17.8 Å². The topological polar surface area (TPSA) is 35.5 Å². The van der Waals surface area contributed by atoms with Crippen molar-refractivity contribution in [1.29, 1.82) is 0 Å². The Labute approximate surface area is 145 Å². The lowest BCUT2D eigenvalue weighted by molar-refractivity contribution is 0.104. The Kier molecular flexibility index (Phi) is 6.13. The number of thioether (sulfide) groups is 1. The van der Waals surface area contributed by atoms with Crippen molar-refractivity contribution in [2.75, 3.05) is 20.5 Å². The number of rotatable bonds is 6. The number of hydrogen-bond donors (Lipinski definition) is 0. The molecule has 2 aromatic carbocycles. The first-order valence-electron chi connectivity index (χ1n) is 6.87. The van der Waals surface area contributed by atoms with Crippen molar-refractivity contribution in [3.8, 4) is 11.5 Å². The van der Waals surface area contributed by atoms with Crippen LogP contribution in [0, 0.1) is 0 Å². The number of benzene rings is 2. The van der Waals surface area contributed by atoms with E-state index in [0.717, 1.165) is 10.5 Å². The highest BCUT2D eigenvalue weighted by Gasteiger charge is 2.15. The molecule has 3 nitrogen and oxygen atoms in total. The molecule has 0 atom stereocenters. The zero-order chi connectivity index (χ0) is 16.8. The number of carbonyl (C=O) groups excluding carboxylic acids is 1. The molecule has 120 valence electrons. The third kappa shape index (κ3) is 4.30. The summed E-state index contributed by atoms with van der Waals surface area (Å²) in [7, 11) is 3.13. The molecule has 5 heteroatoms. The number of hydrogen-bond acceptors (Lipinski definition) is 4. The second-order valence-electron chi connectivity index (χ2n) is 4.66. The van der Waals surface area contributed by atoms with Gasteiger partial charge in [0.05, 0.1) is 24.7 Å². The van der Waals surface area contributed by atoms with Crippen molar-refractivity contribution in [1.82, 2.24) is 0 Å². The van der Waals surface area contributed by atoms with Gasteiger partial charge in [-0.25, -0.2) is 0 Å². The Hall–Kier alpha value is -1.91. The van der Waals surface area contributed by atoms with Crippen molar-refractivity contribution in [2.45, 2.75) is 4.90 Å². The van der Waals surface area contributed by atoms with E-state index in [0.29, 0.717) is 22.1 Å². The molecule has 0 aliphatic carbocycles. The number of methoxy groups -OCH3 is 2. The zero-order valence-electron chi connectivity index (χ0n) is 13.1. The van der Waals surface area contributed by atoms with Gasteiger partial charge in [0.1, 0.15) is 11.5 Å². The zero-order valence-corrected chi connectivity index (χ0v) is 14.7. The second-order valence-corrected chi connectivity index (χ2v) is 5.94. The largest absolute Gasteiger partial charge is 0.496 e. The molecule has 0 heterocycles. The summed E-state index contributed by atoms with van der Waals surface area (Å²) >= 11 is 7.47. The molecule has 0 fully saturated rings. The van der Waals surface area contributed by atoms with Gasteiger partial charge in [-0.2, -0.15) is 0 Å². The summed E-state index contributed by atoms with van der Waals surface area (Å²) in [6, 6.07) is 10.8. The van der Waals surface area contributed by atoms with Gasteiger partial charge in [0.25, 0.3) is 0 Å². The molecule has 0 saturated heterocycles. The van der Waals surface area contributed by atoms with Crippen LogP contribution in [-0.4, -0.2) is 26.3 Å². The molecule has 0 N–H and O–H groups in total. The van der Waals surface area contributed by atoms with E-state index in [1.807, 2.05) is 24.5 Å². The predicted molar refractivity (Wildman–Crippen MR) is 96.1 cm³/mol. The van der Waals surface area contributed by atoms with Crippen LogP contribution < -0.4 is 9.47 Å². The Morgan fingerprint density at radius 3 is 2.48 bits per heavy atom. The van der Waals surface area contributed by atoms with Crippen molar-refractivity contribution in [3.05, 3.63) is 58.6 Å². The summed E-state index contributed by atoms with van der Waals surface area (Å²) in [5.74, 6) is 1.02. The van der Waals surface area contributed by atoms with Gasteiger partial charge in [0.2, 0.25) is 0 Å².